The summed E-state index contributed by atoms with van der Waals surface area (Å²) < 4.78 is 10.8. The number of hydrazone groups is 1. The zero-order valence-corrected chi connectivity index (χ0v) is 14.3. The predicted molar refractivity (Wildman–Crippen MR) is 94.6 cm³/mol. The van der Waals surface area contributed by atoms with E-state index >= 15 is 0 Å². The second kappa shape index (κ2) is 7.28. The van der Waals surface area contributed by atoms with E-state index in [1.807, 2.05) is 0 Å². The standard InChI is InChI=1S/C18H13ClN2O5/c1-10-2-6-16(25-10)17(22)21-20-9-12-4-7-15(26-12)11-3-5-14(19)13(8-11)18(23)24/h2-9H,1H3,(H,21,22)(H,23,24)/b20-9-. The SMILES string of the molecule is Cc1ccc(C(=O)N/N=C\c2ccc(-c3ccc(Cl)c(C(=O)O)c3)o2)o1. The van der Waals surface area contributed by atoms with E-state index in [2.05, 4.69) is 10.5 Å². The Morgan fingerprint density at radius 1 is 1.15 bits per heavy atom. The number of carbonyl (C=O) groups is 2. The third kappa shape index (κ3) is 3.84. The maximum absolute atomic E-state index is 11.8. The average Bonchev–Trinajstić information content (AvgIpc) is 3.24. The Morgan fingerprint density at radius 2 is 1.96 bits per heavy atom. The normalized spacial score (nSPS) is 11.0. The molecular weight excluding hydrogens is 360 g/mol. The van der Waals surface area contributed by atoms with Crippen LogP contribution in [-0.2, 0) is 0 Å². The number of amides is 1. The Kier molecular flexibility index (Phi) is 4.90. The van der Waals surface area contributed by atoms with Crippen molar-refractivity contribution in [2.75, 3.05) is 0 Å². The number of nitrogens with one attached hydrogen (secondary N) is 1. The van der Waals surface area contributed by atoms with Gasteiger partial charge in [-0.1, -0.05) is 11.6 Å². The van der Waals surface area contributed by atoms with E-state index in [0.29, 0.717) is 22.8 Å². The molecule has 2 heterocycles. The van der Waals surface area contributed by atoms with Gasteiger partial charge < -0.3 is 13.9 Å². The number of carboxylic acids is 1. The van der Waals surface area contributed by atoms with Gasteiger partial charge in [-0.2, -0.15) is 5.10 Å². The fraction of sp³-hybridized carbons (Fsp3) is 0.0556. The molecule has 0 unspecified atom stereocenters. The lowest BCUT2D eigenvalue weighted by Crippen LogP contribution is -2.16. The summed E-state index contributed by atoms with van der Waals surface area (Å²) in [6.07, 6.45) is 1.32. The first-order chi connectivity index (χ1) is 12.4. The Morgan fingerprint density at radius 3 is 2.65 bits per heavy atom. The monoisotopic (exact) mass is 372 g/mol. The molecule has 0 spiro atoms. The van der Waals surface area contributed by atoms with Crippen LogP contribution >= 0.6 is 11.6 Å². The number of carbonyl (C=O) groups excluding carboxylic acids is 1. The van der Waals surface area contributed by atoms with Crippen molar-refractivity contribution in [1.82, 2.24) is 5.43 Å². The summed E-state index contributed by atoms with van der Waals surface area (Å²) in [5.74, 6) is -0.00648. The Labute approximate surface area is 152 Å². The summed E-state index contributed by atoms with van der Waals surface area (Å²) in [6, 6.07) is 11.1. The Bertz CT molecular complexity index is 1000. The van der Waals surface area contributed by atoms with Crippen LogP contribution in [0.1, 0.15) is 32.4 Å². The van der Waals surface area contributed by atoms with Crippen LogP contribution in [0.2, 0.25) is 5.02 Å². The molecule has 1 aromatic carbocycles. The van der Waals surface area contributed by atoms with Crippen LogP contribution in [0.15, 0.2) is 56.4 Å². The molecule has 26 heavy (non-hydrogen) atoms. The summed E-state index contributed by atoms with van der Waals surface area (Å²) in [7, 11) is 0. The molecule has 2 N–H and O–H groups in total. The molecular formula is C18H13ClN2O5. The smallest absolute Gasteiger partial charge is 0.337 e. The van der Waals surface area contributed by atoms with Crippen LogP contribution < -0.4 is 5.43 Å². The highest BCUT2D eigenvalue weighted by Crippen LogP contribution is 2.26. The van der Waals surface area contributed by atoms with Gasteiger partial charge in [-0.15, -0.1) is 0 Å². The highest BCUT2D eigenvalue weighted by molar-refractivity contribution is 6.33. The molecule has 1 amide bonds. The second-order valence-electron chi connectivity index (χ2n) is 5.31. The maximum Gasteiger partial charge on any atom is 0.337 e. The largest absolute Gasteiger partial charge is 0.478 e. The number of halogens is 1. The van der Waals surface area contributed by atoms with Crippen LogP contribution in [0, 0.1) is 6.92 Å². The summed E-state index contributed by atoms with van der Waals surface area (Å²) in [4.78, 5) is 22.9. The van der Waals surface area contributed by atoms with Crippen molar-refractivity contribution in [3.8, 4) is 11.3 Å². The van der Waals surface area contributed by atoms with Crippen molar-refractivity contribution in [2.45, 2.75) is 6.92 Å². The van der Waals surface area contributed by atoms with Gasteiger partial charge in [0.25, 0.3) is 0 Å². The zero-order valence-electron chi connectivity index (χ0n) is 13.5. The first-order valence-electron chi connectivity index (χ1n) is 7.47. The molecule has 8 heteroatoms. The van der Waals surface area contributed by atoms with Gasteiger partial charge in [0, 0.05) is 5.56 Å². The van der Waals surface area contributed by atoms with E-state index in [1.54, 1.807) is 37.3 Å². The molecule has 0 radical (unpaired) electrons. The number of aromatic carboxylic acids is 1. The molecule has 132 valence electrons. The van der Waals surface area contributed by atoms with Crippen molar-refractivity contribution in [3.05, 3.63) is 70.3 Å². The van der Waals surface area contributed by atoms with E-state index in [-0.39, 0.29) is 16.3 Å². The molecule has 0 aliphatic carbocycles. The number of furan rings is 2. The summed E-state index contributed by atoms with van der Waals surface area (Å²) >= 11 is 5.85. The van der Waals surface area contributed by atoms with Crippen molar-refractivity contribution < 1.29 is 23.5 Å². The first-order valence-corrected chi connectivity index (χ1v) is 7.85. The molecule has 7 nitrogen and oxygen atoms in total. The number of hydrogen-bond donors (Lipinski definition) is 2. The summed E-state index contributed by atoms with van der Waals surface area (Å²) in [6.45, 7) is 1.73. The van der Waals surface area contributed by atoms with Gasteiger partial charge in [0.15, 0.2) is 5.76 Å². The van der Waals surface area contributed by atoms with Crippen LogP contribution in [0.25, 0.3) is 11.3 Å². The van der Waals surface area contributed by atoms with Gasteiger partial charge in [-0.05, 0) is 49.4 Å². The number of carboxylic acid groups (broad SMARTS) is 1. The van der Waals surface area contributed by atoms with Crippen LogP contribution in [-0.4, -0.2) is 23.2 Å². The average molecular weight is 373 g/mol. The topological polar surface area (TPSA) is 105 Å². The number of benzene rings is 1. The number of rotatable bonds is 5. The second-order valence-corrected chi connectivity index (χ2v) is 5.72. The fourth-order valence-corrected chi connectivity index (χ4v) is 2.38. The Balaban J connectivity index is 1.71. The Hall–Kier alpha value is -3.32. The molecule has 2 aromatic heterocycles. The van der Waals surface area contributed by atoms with Gasteiger partial charge in [0.05, 0.1) is 16.8 Å². The lowest BCUT2D eigenvalue weighted by molar-refractivity contribution is 0.0697. The molecule has 3 aromatic rings. The molecule has 0 aliphatic heterocycles. The van der Waals surface area contributed by atoms with Crippen molar-refractivity contribution >= 4 is 29.7 Å². The molecule has 3 rings (SSSR count). The van der Waals surface area contributed by atoms with Gasteiger partial charge in [-0.25, -0.2) is 10.2 Å². The highest BCUT2D eigenvalue weighted by Gasteiger charge is 2.12. The lowest BCUT2D eigenvalue weighted by atomic mass is 10.1. The molecule has 0 fully saturated rings. The summed E-state index contributed by atoms with van der Waals surface area (Å²) in [5.41, 5.74) is 2.86. The molecule has 0 aliphatic rings. The van der Waals surface area contributed by atoms with Crippen molar-refractivity contribution in [1.29, 1.82) is 0 Å². The molecule has 0 saturated heterocycles. The van der Waals surface area contributed by atoms with Gasteiger partial charge >= 0.3 is 11.9 Å². The van der Waals surface area contributed by atoms with Gasteiger partial charge in [-0.3, -0.25) is 4.79 Å². The first kappa shape index (κ1) is 17.5. The van der Waals surface area contributed by atoms with Crippen molar-refractivity contribution in [3.63, 3.8) is 0 Å². The van der Waals surface area contributed by atoms with Crippen LogP contribution in [0.5, 0.6) is 0 Å². The predicted octanol–water partition coefficient (Wildman–Crippen LogP) is 3.96. The van der Waals surface area contributed by atoms with E-state index in [0.717, 1.165) is 0 Å². The van der Waals surface area contributed by atoms with E-state index in [4.69, 9.17) is 25.5 Å². The molecule has 0 atom stereocenters. The van der Waals surface area contributed by atoms with Crippen LogP contribution in [0.4, 0.5) is 0 Å². The van der Waals surface area contributed by atoms with E-state index in [1.165, 1.54) is 18.3 Å². The number of aryl methyl sites for hydroxylation is 1. The summed E-state index contributed by atoms with van der Waals surface area (Å²) in [5, 5.41) is 13.1. The third-order valence-electron chi connectivity index (χ3n) is 3.43. The van der Waals surface area contributed by atoms with Crippen LogP contribution in [0.3, 0.4) is 0 Å². The van der Waals surface area contributed by atoms with Crippen molar-refractivity contribution in [2.24, 2.45) is 5.10 Å². The number of nitrogens with zero attached hydrogens (tertiary/aromatic N) is 1. The maximum atomic E-state index is 11.8. The highest BCUT2D eigenvalue weighted by atomic mass is 35.5. The zero-order chi connectivity index (χ0) is 18.7. The molecule has 0 bridgehead atoms. The fourth-order valence-electron chi connectivity index (χ4n) is 2.19. The van der Waals surface area contributed by atoms with E-state index < -0.39 is 11.9 Å². The lowest BCUT2D eigenvalue weighted by Gasteiger charge is -2.01. The minimum Gasteiger partial charge on any atom is -0.478 e. The van der Waals surface area contributed by atoms with Gasteiger partial charge in [0.1, 0.15) is 17.3 Å². The number of hydrogen-bond acceptors (Lipinski definition) is 5. The van der Waals surface area contributed by atoms with E-state index in [9.17, 15) is 9.59 Å². The minimum absolute atomic E-state index is 0.0169. The molecule has 0 saturated carbocycles. The van der Waals surface area contributed by atoms with Gasteiger partial charge in [0.2, 0.25) is 0 Å². The third-order valence-corrected chi connectivity index (χ3v) is 3.76. The quantitative estimate of drug-likeness (QED) is 0.521. The minimum atomic E-state index is -1.12.